The second kappa shape index (κ2) is 39.5. The third-order valence-corrected chi connectivity index (χ3v) is 13.9. The number of likely N-dealkylation sites (N-methyl/N-ethyl adjacent to an activating group) is 1. The maximum atomic E-state index is 12.8. The minimum atomic E-state index is -4.71. The first-order valence-corrected chi connectivity index (χ1v) is 29.3. The highest BCUT2D eigenvalue weighted by atomic mass is 31.2. The van der Waals surface area contributed by atoms with E-state index in [0.29, 0.717) is 47.8 Å². The number of nitro benzene ring substituents is 2. The molecule has 0 aliphatic heterocycles. The summed E-state index contributed by atoms with van der Waals surface area (Å²) in [6, 6.07) is 12.6. The Balaban J connectivity index is 1.54. The predicted octanol–water partition coefficient (Wildman–Crippen LogP) is 13.0. The third kappa shape index (κ3) is 33.4. The SMILES string of the molecule is CC(OC(=O)CCCCCCCCCCCCCCC(=O)OC[C@H](COP(=O)([O-])OCC[N+](C)(C)C)OC(=O)CCCCCCCCCCCCCCC(=O)OC(C)c1ccccc1[N+](=O)[O-])c1ccccc1[N+](=O)[O-]. The second-order valence-corrected chi connectivity index (χ2v) is 22.2. The number of rotatable bonds is 46. The van der Waals surface area contributed by atoms with E-state index in [9.17, 15) is 48.9 Å². The molecule has 19 nitrogen and oxygen atoms in total. The monoisotopic (exact) mass is 1090 g/mol. The van der Waals surface area contributed by atoms with Crippen molar-refractivity contribution in [3.63, 3.8) is 0 Å². The maximum Gasteiger partial charge on any atom is 0.306 e. The van der Waals surface area contributed by atoms with Crippen LogP contribution in [0, 0.1) is 20.2 Å². The quantitative estimate of drug-likeness (QED) is 0.0114. The summed E-state index contributed by atoms with van der Waals surface area (Å²) >= 11 is 0. The number of nitro groups is 2. The van der Waals surface area contributed by atoms with Gasteiger partial charge in [-0.15, -0.1) is 0 Å². The van der Waals surface area contributed by atoms with E-state index in [0.717, 1.165) is 128 Å². The zero-order valence-electron chi connectivity index (χ0n) is 46.3. The van der Waals surface area contributed by atoms with Gasteiger partial charge in [-0.25, -0.2) is 0 Å². The van der Waals surface area contributed by atoms with Crippen LogP contribution in [-0.4, -0.2) is 91.8 Å². The van der Waals surface area contributed by atoms with Crippen molar-refractivity contribution in [1.82, 2.24) is 0 Å². The number of ether oxygens (including phenoxy) is 4. The van der Waals surface area contributed by atoms with Gasteiger partial charge >= 0.3 is 23.9 Å². The molecule has 0 fully saturated rings. The largest absolute Gasteiger partial charge is 0.756 e. The van der Waals surface area contributed by atoms with Crippen molar-refractivity contribution >= 4 is 43.1 Å². The van der Waals surface area contributed by atoms with Crippen molar-refractivity contribution in [2.75, 3.05) is 47.5 Å². The molecule has 0 radical (unpaired) electrons. The number of benzene rings is 2. The van der Waals surface area contributed by atoms with Crippen LogP contribution in [0.25, 0.3) is 0 Å². The molecule has 0 aromatic heterocycles. The highest BCUT2D eigenvalue weighted by Crippen LogP contribution is 2.38. The molecule has 0 amide bonds. The van der Waals surface area contributed by atoms with E-state index < -0.39 is 54.5 Å². The lowest BCUT2D eigenvalue weighted by Gasteiger charge is -2.28. The van der Waals surface area contributed by atoms with Crippen molar-refractivity contribution < 1.29 is 71.0 Å². The minimum Gasteiger partial charge on any atom is -0.756 e. The number of nitrogens with zero attached hydrogens (tertiary/aromatic N) is 3. The Kier molecular flexibility index (Phi) is 35.0. The van der Waals surface area contributed by atoms with Crippen LogP contribution < -0.4 is 4.89 Å². The zero-order valence-corrected chi connectivity index (χ0v) is 47.2. The zero-order chi connectivity index (χ0) is 56.0. The van der Waals surface area contributed by atoms with Gasteiger partial charge < -0.3 is 37.4 Å². The van der Waals surface area contributed by atoms with E-state index in [1.165, 1.54) is 12.1 Å². The number of phosphoric acid groups is 1. The number of unbranched alkanes of at least 4 members (excludes halogenated alkanes) is 22. The van der Waals surface area contributed by atoms with E-state index in [1.807, 2.05) is 21.1 Å². The van der Waals surface area contributed by atoms with E-state index in [2.05, 4.69) is 0 Å². The fourth-order valence-electron chi connectivity index (χ4n) is 8.50. The van der Waals surface area contributed by atoms with Gasteiger partial charge in [0.15, 0.2) is 6.10 Å². The average Bonchev–Trinajstić information content (AvgIpc) is 3.36. The van der Waals surface area contributed by atoms with Crippen LogP contribution in [0.1, 0.15) is 217 Å². The number of quaternary nitrogens is 1. The van der Waals surface area contributed by atoms with Gasteiger partial charge in [0.2, 0.25) is 0 Å². The van der Waals surface area contributed by atoms with E-state index in [1.54, 1.807) is 50.2 Å². The van der Waals surface area contributed by atoms with E-state index in [4.69, 9.17) is 28.0 Å². The molecule has 430 valence electrons. The number of carbonyl (C=O) groups excluding carboxylic acids is 4. The number of esters is 4. The van der Waals surface area contributed by atoms with Crippen LogP contribution in [0.4, 0.5) is 11.4 Å². The number of para-hydroxylation sites is 2. The first-order valence-electron chi connectivity index (χ1n) is 27.9. The lowest BCUT2D eigenvalue weighted by molar-refractivity contribution is -0.870. The summed E-state index contributed by atoms with van der Waals surface area (Å²) in [5.74, 6) is -1.69. The van der Waals surface area contributed by atoms with Crippen molar-refractivity contribution in [1.29, 1.82) is 0 Å². The first kappa shape index (κ1) is 67.3. The summed E-state index contributed by atoms with van der Waals surface area (Å²) in [5, 5.41) is 22.6. The minimum absolute atomic E-state index is 0.0581. The Morgan fingerprint density at radius 3 is 1.14 bits per heavy atom. The summed E-state index contributed by atoms with van der Waals surface area (Å²) in [4.78, 5) is 84.1. The fraction of sp³-hybridized carbons (Fsp3) is 0.714. The first-order chi connectivity index (χ1) is 36.3. The molecule has 0 aliphatic carbocycles. The molecule has 20 heteroatoms. The summed E-state index contributed by atoms with van der Waals surface area (Å²) in [5.41, 5.74) is 0.650. The molecule has 4 atom stereocenters. The van der Waals surface area contributed by atoms with Gasteiger partial charge in [0, 0.05) is 37.8 Å². The van der Waals surface area contributed by atoms with Gasteiger partial charge in [0.1, 0.15) is 32.0 Å². The molecular formula is C56H90N3O16P. The molecule has 0 N–H and O–H groups in total. The highest BCUT2D eigenvalue weighted by Gasteiger charge is 2.24. The van der Waals surface area contributed by atoms with Gasteiger partial charge in [-0.1, -0.05) is 153 Å². The van der Waals surface area contributed by atoms with Crippen LogP contribution in [-0.2, 0) is 51.7 Å². The number of phosphoric ester groups is 1. The molecule has 76 heavy (non-hydrogen) atoms. The van der Waals surface area contributed by atoms with Crippen molar-refractivity contribution in [3.8, 4) is 0 Å². The van der Waals surface area contributed by atoms with Crippen LogP contribution in [0.3, 0.4) is 0 Å². The van der Waals surface area contributed by atoms with Crippen molar-refractivity contribution in [2.24, 2.45) is 0 Å². The molecule has 0 saturated heterocycles. The molecule has 2 rings (SSSR count). The smallest absolute Gasteiger partial charge is 0.306 e. The van der Waals surface area contributed by atoms with Crippen molar-refractivity contribution in [2.45, 2.75) is 212 Å². The second-order valence-electron chi connectivity index (χ2n) is 20.8. The lowest BCUT2D eigenvalue weighted by atomic mass is 10.0. The number of hydrogen-bond donors (Lipinski definition) is 0. The van der Waals surface area contributed by atoms with Gasteiger partial charge in [0.05, 0.1) is 48.7 Å². The normalized spacial score (nSPS) is 13.5. The van der Waals surface area contributed by atoms with Crippen LogP contribution in [0.5, 0.6) is 0 Å². The molecule has 3 unspecified atom stereocenters. The Labute approximate surface area is 451 Å². The number of carbonyl (C=O) groups is 4. The molecule has 0 heterocycles. The standard InChI is InChI=1S/C56H90N3O16P/c1-46(49-34-30-32-36-51(49)57(64)65)73-54(61)39-27-23-19-15-11-7-6-10-14-18-22-26-38-53(60)70-44-48(45-72-76(68,69)71-43-42-59(3,4)5)75-56(63)41-29-25-21-17-13-9-8-12-16-20-24-28-40-55(62)74-47(2)50-35-31-33-37-52(50)58(66)67/h30-37,46-48H,6-29,38-45H2,1-5H3/t46?,47?,48-/m1/s1. The Hall–Kier alpha value is -4.81. The number of hydrogen-bond acceptors (Lipinski definition) is 16. The fourth-order valence-corrected chi connectivity index (χ4v) is 9.23. The third-order valence-electron chi connectivity index (χ3n) is 12.9. The summed E-state index contributed by atoms with van der Waals surface area (Å²) < 4.78 is 44.9. The molecule has 0 bridgehead atoms. The van der Waals surface area contributed by atoms with Gasteiger partial charge in [-0.2, -0.15) is 0 Å². The molecular weight excluding hydrogens is 1000 g/mol. The lowest BCUT2D eigenvalue weighted by Crippen LogP contribution is -2.37. The average molecular weight is 1090 g/mol. The Morgan fingerprint density at radius 2 is 0.803 bits per heavy atom. The molecule has 2 aromatic rings. The highest BCUT2D eigenvalue weighted by molar-refractivity contribution is 7.45. The van der Waals surface area contributed by atoms with Crippen molar-refractivity contribution in [3.05, 3.63) is 79.9 Å². The molecule has 0 spiro atoms. The maximum absolute atomic E-state index is 12.8. The summed E-state index contributed by atoms with van der Waals surface area (Å²) in [6.45, 7) is 2.76. The van der Waals surface area contributed by atoms with Gasteiger partial charge in [-0.3, -0.25) is 44.0 Å². The van der Waals surface area contributed by atoms with Crippen LogP contribution >= 0.6 is 7.82 Å². The topological polar surface area (TPSA) is 250 Å². The van der Waals surface area contributed by atoms with Gasteiger partial charge in [0.25, 0.3) is 19.2 Å². The van der Waals surface area contributed by atoms with E-state index in [-0.39, 0.29) is 62.2 Å². The van der Waals surface area contributed by atoms with E-state index >= 15 is 0 Å². The van der Waals surface area contributed by atoms with Crippen LogP contribution in [0.15, 0.2) is 48.5 Å². The molecule has 2 aromatic carbocycles. The summed E-state index contributed by atoms with van der Waals surface area (Å²) in [6.07, 6.45) is 21.9. The molecule has 0 aliphatic rings. The Morgan fingerprint density at radius 1 is 0.487 bits per heavy atom. The van der Waals surface area contributed by atoms with Gasteiger partial charge in [-0.05, 0) is 51.7 Å². The molecule has 0 saturated carbocycles. The Bertz CT molecular complexity index is 2050. The van der Waals surface area contributed by atoms with Crippen LogP contribution in [0.2, 0.25) is 0 Å². The summed E-state index contributed by atoms with van der Waals surface area (Å²) in [7, 11) is 0.988. The predicted molar refractivity (Wildman–Crippen MR) is 288 cm³/mol.